The molecule has 0 aromatic rings. The van der Waals surface area contributed by atoms with E-state index in [9.17, 15) is 0 Å². The molecule has 0 spiro atoms. The molecule has 0 radical (unpaired) electrons. The molecule has 0 N–H and O–H groups in total. The third kappa shape index (κ3) is 16.5. The zero-order valence-electron chi connectivity index (χ0n) is 23.6. The van der Waals surface area contributed by atoms with Crippen LogP contribution in [0.4, 0.5) is 0 Å². The van der Waals surface area contributed by atoms with E-state index < -0.39 is 18.1 Å². The third-order valence-corrected chi connectivity index (χ3v) is 8.93. The molecule has 0 aliphatic rings. The van der Waals surface area contributed by atoms with Gasteiger partial charge in [-0.25, -0.2) is 0 Å². The number of rotatable bonds is 20. The van der Waals surface area contributed by atoms with Crippen molar-refractivity contribution in [1.29, 1.82) is 0 Å². The van der Waals surface area contributed by atoms with Crippen LogP contribution in [0.2, 0.25) is 0 Å². The summed E-state index contributed by atoms with van der Waals surface area (Å²) in [5.74, 6) is 1.70. The van der Waals surface area contributed by atoms with Crippen LogP contribution in [0.15, 0.2) is 0 Å². The van der Waals surface area contributed by atoms with E-state index >= 15 is 0 Å². The average molecular weight is 511 g/mol. The minimum absolute atomic E-state index is 0.284. The van der Waals surface area contributed by atoms with Crippen LogP contribution in [-0.4, -0.2) is 57.7 Å². The third-order valence-electron chi connectivity index (χ3n) is 3.81. The Balaban J connectivity index is 6.25. The normalized spacial score (nSPS) is 13.6. The summed E-state index contributed by atoms with van der Waals surface area (Å²) in [6, 6.07) is 0. The topological polar surface area (TPSA) is 64.6 Å². The monoisotopic (exact) mass is 510 g/mol. The second kappa shape index (κ2) is 16.8. The van der Waals surface area contributed by atoms with Crippen molar-refractivity contribution in [1.82, 2.24) is 0 Å². The lowest BCUT2D eigenvalue weighted by Crippen LogP contribution is -2.63. The molecule has 9 heteroatoms. The van der Waals surface area contributed by atoms with Crippen molar-refractivity contribution in [3.05, 3.63) is 0 Å². The second-order valence-corrected chi connectivity index (χ2v) is 15.9. The molecule has 0 bridgehead atoms. The van der Waals surface area contributed by atoms with E-state index in [0.717, 1.165) is 0 Å². The molecule has 200 valence electrons. The van der Waals surface area contributed by atoms with Crippen molar-refractivity contribution >= 4 is 18.1 Å². The van der Waals surface area contributed by atoms with Crippen molar-refractivity contribution in [2.75, 3.05) is 39.6 Å². The van der Waals surface area contributed by atoms with Gasteiger partial charge in [-0.3, -0.25) is 0 Å². The van der Waals surface area contributed by atoms with Gasteiger partial charge in [0.05, 0.1) is 0 Å². The van der Waals surface area contributed by atoms with Crippen LogP contribution in [0.1, 0.15) is 83.1 Å². The molecule has 33 heavy (non-hydrogen) atoms. The quantitative estimate of drug-likeness (QED) is 0.189. The fraction of sp³-hybridized carbons (Fsp3) is 1.00. The van der Waals surface area contributed by atoms with Gasteiger partial charge in [0.15, 0.2) is 0 Å². The minimum Gasteiger partial charge on any atom is -0.351 e. The Morgan fingerprint density at radius 3 is 0.606 bits per heavy atom. The van der Waals surface area contributed by atoms with Crippen LogP contribution in [0.3, 0.4) is 0 Å². The van der Waals surface area contributed by atoms with Crippen LogP contribution in [0.5, 0.6) is 0 Å². The Morgan fingerprint density at radius 1 is 0.333 bits per heavy atom. The first-order valence-corrected chi connectivity index (χ1v) is 16.0. The van der Waals surface area contributed by atoms with E-state index in [-0.39, 0.29) is 35.5 Å². The fourth-order valence-corrected chi connectivity index (χ4v) is 8.56. The molecule has 0 aromatic heterocycles. The molecular formula is C24H54O7Si2. The van der Waals surface area contributed by atoms with Crippen LogP contribution >= 0.6 is 0 Å². The number of hydrogen-bond acceptors (Lipinski definition) is 7. The summed E-state index contributed by atoms with van der Waals surface area (Å²) in [7, 11) is -7.30. The number of hydrogen-bond donors (Lipinski definition) is 0. The Hall–Kier alpha value is 0.154. The summed E-state index contributed by atoms with van der Waals surface area (Å²) >= 11 is 0. The molecule has 0 saturated heterocycles. The maximum atomic E-state index is 6.67. The predicted octanol–water partition coefficient (Wildman–Crippen LogP) is 5.91. The van der Waals surface area contributed by atoms with Crippen molar-refractivity contribution in [3.8, 4) is 0 Å². The first-order valence-electron chi connectivity index (χ1n) is 12.7. The molecule has 0 unspecified atom stereocenters. The molecule has 0 fully saturated rings. The summed E-state index contributed by atoms with van der Waals surface area (Å²) in [5.41, 5.74) is 0. The van der Waals surface area contributed by atoms with Gasteiger partial charge in [0.2, 0.25) is 0 Å². The van der Waals surface area contributed by atoms with Gasteiger partial charge < -0.3 is 30.7 Å². The molecule has 0 aliphatic heterocycles. The smallest absolute Gasteiger partial charge is 0.351 e. The zero-order valence-corrected chi connectivity index (χ0v) is 25.6. The second-order valence-electron chi connectivity index (χ2n) is 11.3. The van der Waals surface area contributed by atoms with Crippen LogP contribution in [0.25, 0.3) is 0 Å². The van der Waals surface area contributed by atoms with Crippen molar-refractivity contribution in [2.45, 2.75) is 83.1 Å². The van der Waals surface area contributed by atoms with Crippen LogP contribution < -0.4 is 0 Å². The Morgan fingerprint density at radius 2 is 0.485 bits per heavy atom. The first kappa shape index (κ1) is 33.2. The molecular weight excluding hydrogens is 456 g/mol. The van der Waals surface area contributed by atoms with Crippen molar-refractivity contribution in [3.63, 3.8) is 0 Å². The maximum Gasteiger partial charge on any atom is 0.673 e. The first-order chi connectivity index (χ1) is 15.2. The van der Waals surface area contributed by atoms with E-state index in [0.29, 0.717) is 39.6 Å². The Kier molecular flexibility index (Phi) is 16.8. The lowest BCUT2D eigenvalue weighted by molar-refractivity contribution is -0.0817. The SMILES string of the molecule is CC(C)CO[Si](OCC(C)C)(OCC(C)C)O[Si](OCC(C)C)(OCC(C)C)OCC(C)C. The van der Waals surface area contributed by atoms with Gasteiger partial charge >= 0.3 is 18.1 Å². The highest BCUT2D eigenvalue weighted by atomic mass is 28.5. The molecule has 0 aliphatic carbocycles. The largest absolute Gasteiger partial charge is 0.673 e. The van der Waals surface area contributed by atoms with Crippen LogP contribution in [0, 0.1) is 35.5 Å². The highest BCUT2D eigenvalue weighted by Crippen LogP contribution is 2.26. The van der Waals surface area contributed by atoms with E-state index in [1.54, 1.807) is 0 Å². The Bertz CT molecular complexity index is 381. The molecule has 7 nitrogen and oxygen atoms in total. The van der Waals surface area contributed by atoms with Gasteiger partial charge in [0.25, 0.3) is 0 Å². The van der Waals surface area contributed by atoms with Gasteiger partial charge in [-0.15, -0.1) is 0 Å². The summed E-state index contributed by atoms with van der Waals surface area (Å²) in [4.78, 5) is 0. The molecule has 0 aromatic carbocycles. The standard InChI is InChI=1S/C24H54O7Si2/c1-19(2)13-25-32(26-14-20(3)4,27-15-21(5)6)31-33(28-16-22(7)8,29-17-23(9)10)30-18-24(11)12/h19-24H,13-18H2,1-12H3. The van der Waals surface area contributed by atoms with Crippen molar-refractivity contribution in [2.24, 2.45) is 35.5 Å². The molecule has 0 rings (SSSR count). The molecule has 0 atom stereocenters. The molecule has 0 saturated carbocycles. The summed E-state index contributed by atoms with van der Waals surface area (Å²) < 4.78 is 44.7. The predicted molar refractivity (Wildman–Crippen MR) is 137 cm³/mol. The molecule has 0 amide bonds. The summed E-state index contributed by atoms with van der Waals surface area (Å²) in [6.07, 6.45) is 0. The molecule has 0 heterocycles. The van der Waals surface area contributed by atoms with E-state index in [1.165, 1.54) is 0 Å². The zero-order chi connectivity index (χ0) is 25.7. The lowest BCUT2D eigenvalue weighted by atomic mass is 10.2. The minimum atomic E-state index is -3.65. The average Bonchev–Trinajstić information content (AvgIpc) is 2.69. The van der Waals surface area contributed by atoms with E-state index in [1.807, 2.05) is 0 Å². The summed E-state index contributed by atoms with van der Waals surface area (Å²) in [5, 5.41) is 0. The maximum absolute atomic E-state index is 6.67. The van der Waals surface area contributed by atoms with Gasteiger partial charge in [-0.2, -0.15) is 0 Å². The fourth-order valence-electron chi connectivity index (χ4n) is 2.19. The van der Waals surface area contributed by atoms with E-state index in [2.05, 4.69) is 83.1 Å². The van der Waals surface area contributed by atoms with Crippen molar-refractivity contribution < 1.29 is 30.7 Å². The van der Waals surface area contributed by atoms with Gasteiger partial charge in [0, 0.05) is 39.6 Å². The lowest BCUT2D eigenvalue weighted by Gasteiger charge is -2.37. The highest BCUT2D eigenvalue weighted by molar-refractivity contribution is 6.68. The van der Waals surface area contributed by atoms with Gasteiger partial charge in [0.1, 0.15) is 0 Å². The highest BCUT2D eigenvalue weighted by Gasteiger charge is 2.60. The van der Waals surface area contributed by atoms with Gasteiger partial charge in [-0.1, -0.05) is 83.1 Å². The van der Waals surface area contributed by atoms with Crippen LogP contribution in [-0.2, 0) is 30.7 Å². The van der Waals surface area contributed by atoms with Gasteiger partial charge in [-0.05, 0) is 35.5 Å². The Labute approximate surface area is 207 Å². The summed E-state index contributed by atoms with van der Waals surface area (Å²) in [6.45, 7) is 27.8. The van der Waals surface area contributed by atoms with E-state index in [4.69, 9.17) is 30.7 Å².